The van der Waals surface area contributed by atoms with Crippen LogP contribution in [-0.2, 0) is 0 Å². The number of nitrogens with zero attached hydrogens (tertiary/aromatic N) is 4. The zero-order valence-electron chi connectivity index (χ0n) is 15.8. The summed E-state index contributed by atoms with van der Waals surface area (Å²) in [5.74, 6) is 1.66. The van der Waals surface area contributed by atoms with E-state index in [-0.39, 0.29) is 11.3 Å². The number of ether oxygens (including phenoxy) is 3. The van der Waals surface area contributed by atoms with Crippen molar-refractivity contribution in [2.45, 2.75) is 5.16 Å². The number of hydrogen-bond donors (Lipinski definition) is 2. The average molecular weight is 411 g/mol. The number of H-pyrrole nitrogens is 1. The summed E-state index contributed by atoms with van der Waals surface area (Å²) in [6, 6.07) is 6.88. The summed E-state index contributed by atoms with van der Waals surface area (Å²) in [4.78, 5) is 27.7. The molecule has 9 nitrogen and oxygen atoms in total. The van der Waals surface area contributed by atoms with Crippen LogP contribution in [0.25, 0.3) is 11.3 Å². The van der Waals surface area contributed by atoms with Gasteiger partial charge in [0.25, 0.3) is 5.56 Å². The van der Waals surface area contributed by atoms with Gasteiger partial charge in [-0.2, -0.15) is 5.26 Å². The zero-order chi connectivity index (χ0) is 20.8. The van der Waals surface area contributed by atoms with E-state index in [0.29, 0.717) is 45.1 Å². The van der Waals surface area contributed by atoms with Crippen molar-refractivity contribution < 1.29 is 14.2 Å². The quantitative estimate of drug-likeness (QED) is 0.358. The molecule has 3 rings (SSSR count). The van der Waals surface area contributed by atoms with E-state index in [2.05, 4.69) is 19.9 Å². The molecule has 148 valence electrons. The number of aromatic nitrogens is 4. The van der Waals surface area contributed by atoms with Gasteiger partial charge >= 0.3 is 0 Å². The summed E-state index contributed by atoms with van der Waals surface area (Å²) < 4.78 is 16.0. The molecule has 0 radical (unpaired) electrons. The predicted molar refractivity (Wildman–Crippen MR) is 109 cm³/mol. The van der Waals surface area contributed by atoms with E-state index < -0.39 is 5.56 Å². The Bertz CT molecular complexity index is 1130. The SMILES string of the molecule is COc1cc(-c2nc([SH]=Cc3ncccn3)[nH]c(=O)c2C#N)cc(OC)c1OC. The van der Waals surface area contributed by atoms with E-state index in [1.54, 1.807) is 36.0 Å². The summed E-state index contributed by atoms with van der Waals surface area (Å²) in [6.07, 6.45) is 3.23. The van der Waals surface area contributed by atoms with Gasteiger partial charge in [-0.3, -0.25) is 4.79 Å². The molecule has 0 fully saturated rings. The Hall–Kier alpha value is -3.71. The number of benzene rings is 1. The van der Waals surface area contributed by atoms with Crippen LogP contribution in [0.3, 0.4) is 0 Å². The van der Waals surface area contributed by atoms with Crippen molar-refractivity contribution in [3.63, 3.8) is 0 Å². The zero-order valence-corrected chi connectivity index (χ0v) is 16.7. The van der Waals surface area contributed by atoms with E-state index in [4.69, 9.17) is 14.2 Å². The lowest BCUT2D eigenvalue weighted by atomic mass is 10.1. The van der Waals surface area contributed by atoms with Crippen molar-refractivity contribution in [1.29, 1.82) is 5.26 Å². The Morgan fingerprint density at radius 2 is 1.76 bits per heavy atom. The number of nitrogens with one attached hydrogen (secondary N) is 1. The summed E-state index contributed by atoms with van der Waals surface area (Å²) in [5, 5.41) is 11.5. The predicted octanol–water partition coefficient (Wildman–Crippen LogP) is 1.80. The second kappa shape index (κ2) is 8.99. The molecule has 0 bridgehead atoms. The Balaban J connectivity index is 2.16. The monoisotopic (exact) mass is 411 g/mol. The number of methoxy groups -OCH3 is 3. The normalized spacial score (nSPS) is 10.8. The first-order valence-corrected chi connectivity index (χ1v) is 9.23. The maximum Gasteiger partial charge on any atom is 0.270 e. The molecule has 0 aliphatic heterocycles. The summed E-state index contributed by atoms with van der Waals surface area (Å²) in [5.41, 5.74) is 0.0280. The van der Waals surface area contributed by atoms with Crippen molar-refractivity contribution in [2.75, 3.05) is 21.3 Å². The van der Waals surface area contributed by atoms with Crippen LogP contribution in [0.5, 0.6) is 17.2 Å². The Morgan fingerprint density at radius 3 is 2.31 bits per heavy atom. The van der Waals surface area contributed by atoms with Crippen LogP contribution >= 0.6 is 11.4 Å². The highest BCUT2D eigenvalue weighted by Crippen LogP contribution is 2.41. The van der Waals surface area contributed by atoms with Gasteiger partial charge in [0.05, 0.1) is 27.0 Å². The van der Waals surface area contributed by atoms with Crippen LogP contribution in [0.2, 0.25) is 0 Å². The first kappa shape index (κ1) is 20.0. The van der Waals surface area contributed by atoms with E-state index in [9.17, 15) is 10.1 Å². The molecule has 0 atom stereocenters. The lowest BCUT2D eigenvalue weighted by Crippen LogP contribution is -2.14. The fourth-order valence-electron chi connectivity index (χ4n) is 2.55. The second-order valence-electron chi connectivity index (χ2n) is 5.50. The Labute approximate surface area is 169 Å². The summed E-state index contributed by atoms with van der Waals surface area (Å²) >= 11 is 0.563. The number of rotatable bonds is 6. The molecule has 0 unspecified atom stereocenters. The van der Waals surface area contributed by atoms with Gasteiger partial charge in [-0.1, -0.05) is 0 Å². The highest BCUT2D eigenvalue weighted by molar-refractivity contribution is 7.97. The lowest BCUT2D eigenvalue weighted by Gasteiger charge is -2.14. The van der Waals surface area contributed by atoms with Crippen molar-refractivity contribution in [2.24, 2.45) is 0 Å². The standard InChI is InChI=1S/C19H17N5O4S/c1-26-13-7-11(8-14(27-2)17(13)28-3)16-12(9-20)18(25)24-19(23-16)29-10-15-21-5-4-6-22-15/h4-8,10,29H,1-3H3,(H,23,24,25). The van der Waals surface area contributed by atoms with Crippen molar-refractivity contribution in [3.05, 3.63) is 52.3 Å². The van der Waals surface area contributed by atoms with Gasteiger partial charge in [0.15, 0.2) is 22.5 Å². The molecular formula is C19H17N5O4S. The minimum absolute atomic E-state index is 0.116. The number of nitriles is 1. The fraction of sp³-hybridized carbons (Fsp3) is 0.158. The molecule has 1 N–H and O–H groups in total. The van der Waals surface area contributed by atoms with Crippen molar-refractivity contribution >= 4 is 16.7 Å². The molecule has 2 aromatic heterocycles. The summed E-state index contributed by atoms with van der Waals surface area (Å²) in [6.45, 7) is 0. The first-order chi connectivity index (χ1) is 14.1. The lowest BCUT2D eigenvalue weighted by molar-refractivity contribution is 0.324. The Morgan fingerprint density at radius 1 is 1.10 bits per heavy atom. The van der Waals surface area contributed by atoms with Crippen LogP contribution in [0.4, 0.5) is 0 Å². The third-order valence-corrected chi connectivity index (χ3v) is 4.66. The van der Waals surface area contributed by atoms with Crippen molar-refractivity contribution in [3.8, 4) is 34.6 Å². The largest absolute Gasteiger partial charge is 0.493 e. The molecule has 0 spiro atoms. The molecule has 0 saturated carbocycles. The maximum absolute atomic E-state index is 12.5. The van der Waals surface area contributed by atoms with E-state index in [1.165, 1.54) is 21.3 Å². The smallest absolute Gasteiger partial charge is 0.270 e. The average Bonchev–Trinajstić information content (AvgIpc) is 2.76. The van der Waals surface area contributed by atoms with Crippen LogP contribution in [0.1, 0.15) is 11.4 Å². The Kier molecular flexibility index (Phi) is 6.21. The second-order valence-corrected chi connectivity index (χ2v) is 6.44. The molecule has 0 aliphatic rings. The van der Waals surface area contributed by atoms with Crippen LogP contribution in [-0.4, -0.2) is 46.6 Å². The van der Waals surface area contributed by atoms with Gasteiger partial charge in [-0.15, -0.1) is 11.4 Å². The number of hydrogen-bond acceptors (Lipinski definition) is 8. The fourth-order valence-corrected chi connectivity index (χ4v) is 3.24. The summed E-state index contributed by atoms with van der Waals surface area (Å²) in [7, 11) is 4.46. The first-order valence-electron chi connectivity index (χ1n) is 8.27. The molecule has 0 aliphatic carbocycles. The van der Waals surface area contributed by atoms with Gasteiger partial charge in [-0.25, -0.2) is 15.0 Å². The van der Waals surface area contributed by atoms with Gasteiger partial charge in [0.1, 0.15) is 11.6 Å². The molecule has 2 heterocycles. The van der Waals surface area contributed by atoms with Crippen LogP contribution < -0.4 is 19.8 Å². The molecule has 0 amide bonds. The van der Waals surface area contributed by atoms with Gasteiger partial charge < -0.3 is 19.2 Å². The number of aromatic amines is 1. The van der Waals surface area contributed by atoms with E-state index in [1.807, 2.05) is 6.07 Å². The minimum Gasteiger partial charge on any atom is -0.493 e. The third-order valence-electron chi connectivity index (χ3n) is 3.84. The van der Waals surface area contributed by atoms with Crippen molar-refractivity contribution in [1.82, 2.24) is 19.9 Å². The van der Waals surface area contributed by atoms with Crippen LogP contribution in [0, 0.1) is 11.3 Å². The molecular weight excluding hydrogens is 394 g/mol. The van der Waals surface area contributed by atoms with Crippen LogP contribution in [0.15, 0.2) is 40.5 Å². The van der Waals surface area contributed by atoms with Gasteiger partial charge in [0, 0.05) is 23.3 Å². The van der Waals surface area contributed by atoms with Gasteiger partial charge in [-0.05, 0) is 18.2 Å². The topological polar surface area (TPSA) is 123 Å². The maximum atomic E-state index is 12.5. The minimum atomic E-state index is -0.545. The van der Waals surface area contributed by atoms with E-state index in [0.717, 1.165) is 0 Å². The molecule has 0 saturated heterocycles. The highest BCUT2D eigenvalue weighted by atomic mass is 32.1. The van der Waals surface area contributed by atoms with E-state index >= 15 is 0 Å². The highest BCUT2D eigenvalue weighted by Gasteiger charge is 2.19. The molecule has 1 aromatic carbocycles. The molecule has 3 aromatic rings. The van der Waals surface area contributed by atoms with Gasteiger partial charge in [0.2, 0.25) is 5.75 Å². The third kappa shape index (κ3) is 4.25. The molecule has 10 heteroatoms. The number of thiol groups is 1. The molecule has 29 heavy (non-hydrogen) atoms.